The zero-order chi connectivity index (χ0) is 31.9. The minimum absolute atomic E-state index is 0.0283. The van der Waals surface area contributed by atoms with Gasteiger partial charge in [-0.1, -0.05) is 12.1 Å². The first kappa shape index (κ1) is 32.1. The fraction of sp³-hybridized carbons (Fsp3) is 0.647. The van der Waals surface area contributed by atoms with Crippen LogP contribution in [-0.2, 0) is 20.7 Å². The molecule has 2 amide bonds. The summed E-state index contributed by atoms with van der Waals surface area (Å²) in [6.07, 6.45) is 7.92. The van der Waals surface area contributed by atoms with Gasteiger partial charge in [-0.05, 0) is 91.5 Å². The molecular weight excluding hydrogens is 563 g/mol. The molecule has 4 saturated heterocycles. The number of carbonyl (C=O) groups excluding carboxylic acids is 2. The van der Waals surface area contributed by atoms with E-state index in [9.17, 15) is 14.7 Å². The van der Waals surface area contributed by atoms with Crippen LogP contribution in [0.15, 0.2) is 48.8 Å². The summed E-state index contributed by atoms with van der Waals surface area (Å²) in [6, 6.07) is 10.8. The molecule has 10 heteroatoms. The first-order valence-corrected chi connectivity index (χ1v) is 15.8. The van der Waals surface area contributed by atoms with Crippen molar-refractivity contribution in [2.24, 2.45) is 0 Å². The maximum atomic E-state index is 15.4. The molecule has 2 aromatic heterocycles. The average Bonchev–Trinajstić information content (AvgIpc) is 3.39. The van der Waals surface area contributed by atoms with Crippen LogP contribution >= 0.6 is 0 Å². The van der Waals surface area contributed by atoms with E-state index in [1.54, 1.807) is 29.4 Å². The number of amides is 2. The van der Waals surface area contributed by atoms with E-state index in [0.717, 1.165) is 25.7 Å². The molecule has 0 aromatic carbocycles. The Bertz CT molecular complexity index is 1180. The Morgan fingerprint density at radius 2 is 1.11 bits per heavy atom. The molecule has 4 atom stereocenters. The second-order valence-electron chi connectivity index (χ2n) is 14.8. The van der Waals surface area contributed by atoms with Crippen molar-refractivity contribution in [3.05, 3.63) is 60.2 Å². The van der Waals surface area contributed by atoms with Crippen molar-refractivity contribution in [2.75, 3.05) is 0 Å². The van der Waals surface area contributed by atoms with Crippen molar-refractivity contribution in [1.82, 2.24) is 19.8 Å². The van der Waals surface area contributed by atoms with E-state index < -0.39 is 22.5 Å². The second kappa shape index (κ2) is 11.9. The SMILES string of the molecule is CC(C)(C)OC(=O)N1C2CCC1CC(F)(c1ccccn1)C2.CC(C)(C)OC(=O)N1C2CCC1CC(O)(c1ccccn1)C2. The third kappa shape index (κ3) is 7.00. The number of carbonyl (C=O) groups is 2. The number of aromatic nitrogens is 2. The molecular formula is C34H47FN4O5. The maximum absolute atomic E-state index is 15.4. The zero-order valence-electron chi connectivity index (χ0n) is 26.8. The van der Waals surface area contributed by atoms with Crippen molar-refractivity contribution in [3.8, 4) is 0 Å². The van der Waals surface area contributed by atoms with Crippen LogP contribution in [0.25, 0.3) is 0 Å². The lowest BCUT2D eigenvalue weighted by Crippen LogP contribution is -2.53. The highest BCUT2D eigenvalue weighted by atomic mass is 19.1. The third-order valence-corrected chi connectivity index (χ3v) is 8.98. The van der Waals surface area contributed by atoms with Gasteiger partial charge in [-0.2, -0.15) is 0 Å². The summed E-state index contributed by atoms with van der Waals surface area (Å²) in [5.41, 5.74) is -2.21. The van der Waals surface area contributed by atoms with Crippen molar-refractivity contribution in [1.29, 1.82) is 0 Å². The fourth-order valence-corrected chi connectivity index (χ4v) is 7.33. The van der Waals surface area contributed by atoms with Gasteiger partial charge >= 0.3 is 12.2 Å². The topological polar surface area (TPSA) is 105 Å². The highest BCUT2D eigenvalue weighted by Crippen LogP contribution is 2.48. The third-order valence-electron chi connectivity index (χ3n) is 8.98. The molecule has 1 N–H and O–H groups in total. The van der Waals surface area contributed by atoms with Gasteiger partial charge in [0.2, 0.25) is 0 Å². The molecule has 0 saturated carbocycles. The van der Waals surface area contributed by atoms with E-state index in [-0.39, 0.29) is 36.4 Å². The van der Waals surface area contributed by atoms with Gasteiger partial charge < -0.3 is 24.4 Å². The Morgan fingerprint density at radius 3 is 1.48 bits per heavy atom. The molecule has 6 rings (SSSR count). The first-order valence-electron chi connectivity index (χ1n) is 15.8. The van der Waals surface area contributed by atoms with Gasteiger partial charge in [-0.25, -0.2) is 14.0 Å². The molecule has 9 nitrogen and oxygen atoms in total. The van der Waals surface area contributed by atoms with Crippen LogP contribution in [0.1, 0.15) is 104 Å². The molecule has 0 radical (unpaired) electrons. The summed E-state index contributed by atoms with van der Waals surface area (Å²) in [5.74, 6) is 0. The molecule has 4 fully saturated rings. The first-order chi connectivity index (χ1) is 20.6. The summed E-state index contributed by atoms with van der Waals surface area (Å²) >= 11 is 0. The summed E-state index contributed by atoms with van der Waals surface area (Å²) in [4.78, 5) is 36.9. The molecule has 4 aliphatic rings. The molecule has 4 bridgehead atoms. The van der Waals surface area contributed by atoms with Gasteiger partial charge in [0.15, 0.2) is 5.67 Å². The van der Waals surface area contributed by atoms with Crippen LogP contribution in [0.3, 0.4) is 0 Å². The number of hydrogen-bond donors (Lipinski definition) is 1. The second-order valence-corrected chi connectivity index (χ2v) is 14.8. The molecule has 0 aliphatic carbocycles. The normalized spacial score (nSPS) is 31.2. The van der Waals surface area contributed by atoms with Crippen molar-refractivity contribution in [2.45, 2.75) is 140 Å². The predicted octanol–water partition coefficient (Wildman–Crippen LogP) is 6.64. The van der Waals surface area contributed by atoms with Gasteiger partial charge in [-0.3, -0.25) is 9.97 Å². The number of hydrogen-bond acceptors (Lipinski definition) is 7. The summed E-state index contributed by atoms with van der Waals surface area (Å²) in [5, 5.41) is 11.0. The molecule has 44 heavy (non-hydrogen) atoms. The number of alkyl halides is 1. The van der Waals surface area contributed by atoms with Crippen molar-refractivity contribution >= 4 is 12.2 Å². The Kier molecular flexibility index (Phi) is 8.70. The Hall–Kier alpha value is -3.27. The van der Waals surface area contributed by atoms with Gasteiger partial charge in [0.1, 0.15) is 16.8 Å². The van der Waals surface area contributed by atoms with Crippen molar-refractivity contribution in [3.63, 3.8) is 0 Å². The van der Waals surface area contributed by atoms with E-state index in [2.05, 4.69) is 9.97 Å². The van der Waals surface area contributed by atoms with Crippen LogP contribution < -0.4 is 0 Å². The van der Waals surface area contributed by atoms with E-state index >= 15 is 4.39 Å². The minimum atomic E-state index is -1.44. The van der Waals surface area contributed by atoms with E-state index in [1.807, 2.05) is 70.7 Å². The smallest absolute Gasteiger partial charge is 0.410 e. The fourth-order valence-electron chi connectivity index (χ4n) is 7.33. The molecule has 4 unspecified atom stereocenters. The number of fused-ring (bicyclic) bond motifs is 4. The largest absolute Gasteiger partial charge is 0.444 e. The highest BCUT2D eigenvalue weighted by molar-refractivity contribution is 5.70. The van der Waals surface area contributed by atoms with Crippen LogP contribution in [0, 0.1) is 0 Å². The Morgan fingerprint density at radius 1 is 0.727 bits per heavy atom. The van der Waals surface area contributed by atoms with E-state index in [1.165, 1.54) is 0 Å². The number of pyridine rings is 2. The molecule has 0 spiro atoms. The van der Waals surface area contributed by atoms with Gasteiger partial charge in [0.25, 0.3) is 0 Å². The maximum Gasteiger partial charge on any atom is 0.410 e. The van der Waals surface area contributed by atoms with E-state index in [0.29, 0.717) is 37.1 Å². The van der Waals surface area contributed by atoms with Crippen molar-refractivity contribution < 1.29 is 28.6 Å². The van der Waals surface area contributed by atoms with Crippen LogP contribution in [0.5, 0.6) is 0 Å². The van der Waals surface area contributed by atoms with Crippen LogP contribution in [0.4, 0.5) is 14.0 Å². The number of ether oxygens (including phenoxy) is 2. The minimum Gasteiger partial charge on any atom is -0.444 e. The highest BCUT2D eigenvalue weighted by Gasteiger charge is 2.53. The predicted molar refractivity (Wildman–Crippen MR) is 163 cm³/mol. The average molecular weight is 611 g/mol. The standard InChI is InChI=1S/C17H23FN2O2.C17H24N2O3/c1-16(2,3)22-15(21)20-12-7-8-13(20)11-17(18,10-12)14-6-4-5-9-19-14;1-16(2,3)22-15(20)19-12-7-8-13(19)11-17(21,10-12)14-6-4-5-9-18-14/h4-6,9,12-13H,7-8,10-11H2,1-3H3;4-6,9,12-13,21H,7-8,10-11H2,1-3H3. The lowest BCUT2D eigenvalue weighted by molar-refractivity contribution is -0.0647. The van der Waals surface area contributed by atoms with Crippen LogP contribution in [-0.4, -0.2) is 72.4 Å². The van der Waals surface area contributed by atoms with Gasteiger partial charge in [0, 0.05) is 62.2 Å². The number of rotatable bonds is 2. The molecule has 6 heterocycles. The van der Waals surface area contributed by atoms with Gasteiger partial charge in [-0.15, -0.1) is 0 Å². The zero-order valence-corrected chi connectivity index (χ0v) is 26.8. The monoisotopic (exact) mass is 610 g/mol. The summed E-state index contributed by atoms with van der Waals surface area (Å²) < 4.78 is 26.4. The van der Waals surface area contributed by atoms with Crippen LogP contribution in [0.2, 0.25) is 0 Å². The lowest BCUT2D eigenvalue weighted by Gasteiger charge is -2.43. The lowest BCUT2D eigenvalue weighted by atomic mass is 9.83. The quantitative estimate of drug-likeness (QED) is 0.406. The Labute approximate surface area is 260 Å². The Balaban J connectivity index is 0.000000175. The number of aliphatic hydroxyl groups is 1. The number of piperidine rings is 2. The molecule has 4 aliphatic heterocycles. The number of nitrogens with zero attached hydrogens (tertiary/aromatic N) is 4. The van der Waals surface area contributed by atoms with Gasteiger partial charge in [0.05, 0.1) is 11.4 Å². The molecule has 240 valence electrons. The summed E-state index contributed by atoms with van der Waals surface area (Å²) in [6.45, 7) is 11.2. The number of halogens is 1. The van der Waals surface area contributed by atoms with E-state index in [4.69, 9.17) is 9.47 Å². The summed E-state index contributed by atoms with van der Waals surface area (Å²) in [7, 11) is 0. The molecule has 2 aromatic rings.